The summed E-state index contributed by atoms with van der Waals surface area (Å²) in [6, 6.07) is 11.3. The van der Waals surface area contributed by atoms with Crippen LogP contribution < -0.4 is 5.32 Å². The van der Waals surface area contributed by atoms with Crippen molar-refractivity contribution in [3.8, 4) is 0 Å². The molecular formula is C16H16Cl2N2O3S2. The number of likely N-dealkylation sites (N-methyl/N-ethyl adjacent to an activating group) is 1. The van der Waals surface area contributed by atoms with Crippen molar-refractivity contribution >= 4 is 56.6 Å². The third-order valence-electron chi connectivity index (χ3n) is 3.35. The number of sulfonamides is 1. The van der Waals surface area contributed by atoms with Crippen LogP contribution in [0.2, 0.25) is 10.0 Å². The molecule has 0 saturated heterocycles. The van der Waals surface area contributed by atoms with E-state index in [0.717, 1.165) is 9.20 Å². The average Bonchev–Trinajstić information content (AvgIpc) is 2.57. The van der Waals surface area contributed by atoms with Crippen LogP contribution in [0.25, 0.3) is 0 Å². The summed E-state index contributed by atoms with van der Waals surface area (Å²) in [5.41, 5.74) is 0.639. The van der Waals surface area contributed by atoms with Gasteiger partial charge in [0.25, 0.3) is 0 Å². The van der Waals surface area contributed by atoms with Gasteiger partial charge in [-0.3, -0.25) is 4.79 Å². The van der Waals surface area contributed by atoms with Crippen LogP contribution in [0.5, 0.6) is 0 Å². The number of halogens is 2. The molecule has 2 aromatic carbocycles. The average molecular weight is 419 g/mol. The number of carbonyl (C=O) groups excluding carboxylic acids is 1. The van der Waals surface area contributed by atoms with Gasteiger partial charge in [0.15, 0.2) is 0 Å². The number of para-hydroxylation sites is 1. The van der Waals surface area contributed by atoms with Crippen LogP contribution in [-0.2, 0) is 14.8 Å². The summed E-state index contributed by atoms with van der Waals surface area (Å²) in [7, 11) is -2.53. The largest absolute Gasteiger partial charge is 0.324 e. The molecule has 0 atom stereocenters. The predicted molar refractivity (Wildman–Crippen MR) is 103 cm³/mol. The van der Waals surface area contributed by atoms with Gasteiger partial charge in [0.1, 0.15) is 0 Å². The van der Waals surface area contributed by atoms with Crippen LogP contribution in [0, 0.1) is 0 Å². The maximum Gasteiger partial charge on any atom is 0.243 e. The lowest BCUT2D eigenvalue weighted by Crippen LogP contribution is -2.35. The Morgan fingerprint density at radius 3 is 2.48 bits per heavy atom. The second-order valence-corrected chi connectivity index (χ2v) is 8.79. The van der Waals surface area contributed by atoms with E-state index in [-0.39, 0.29) is 21.5 Å². The van der Waals surface area contributed by atoms with Crippen molar-refractivity contribution in [2.24, 2.45) is 0 Å². The fourth-order valence-corrected chi connectivity index (χ4v) is 4.11. The maximum absolute atomic E-state index is 12.5. The van der Waals surface area contributed by atoms with Gasteiger partial charge in [-0.05, 0) is 36.6 Å². The maximum atomic E-state index is 12.5. The Kier molecular flexibility index (Phi) is 6.76. The third kappa shape index (κ3) is 4.89. The standard InChI is InChI=1S/C16H16Cl2N2O3S2/c1-20(25(22,23)11-7-8-12(17)13(18)9-11)10-16(21)19-14-5-3-4-6-15(14)24-2/h3-9H,10H2,1-2H3,(H,19,21). The highest BCUT2D eigenvalue weighted by Crippen LogP contribution is 2.27. The number of hydrogen-bond acceptors (Lipinski definition) is 4. The highest BCUT2D eigenvalue weighted by Gasteiger charge is 2.24. The molecule has 1 amide bonds. The number of amides is 1. The Balaban J connectivity index is 2.13. The molecule has 0 bridgehead atoms. The lowest BCUT2D eigenvalue weighted by Gasteiger charge is -2.18. The Labute approximate surface area is 161 Å². The minimum absolute atomic E-state index is 0.0262. The number of benzene rings is 2. The van der Waals surface area contributed by atoms with E-state index < -0.39 is 15.9 Å². The Hall–Kier alpha value is -1.25. The van der Waals surface area contributed by atoms with Gasteiger partial charge in [0.05, 0.1) is 27.2 Å². The third-order valence-corrected chi connectivity index (χ3v) is 6.68. The minimum atomic E-state index is -3.86. The number of rotatable bonds is 6. The molecule has 0 heterocycles. The summed E-state index contributed by atoms with van der Waals surface area (Å²) in [6.45, 7) is -0.328. The molecule has 0 aliphatic carbocycles. The quantitative estimate of drug-likeness (QED) is 0.720. The van der Waals surface area contributed by atoms with Crippen LogP contribution in [0.3, 0.4) is 0 Å². The summed E-state index contributed by atoms with van der Waals surface area (Å²) in [5, 5.41) is 3.12. The van der Waals surface area contributed by atoms with Crippen molar-refractivity contribution in [1.29, 1.82) is 0 Å². The molecule has 0 radical (unpaired) electrons. The van der Waals surface area contributed by atoms with Crippen molar-refractivity contribution < 1.29 is 13.2 Å². The predicted octanol–water partition coefficient (Wildman–Crippen LogP) is 3.97. The summed E-state index contributed by atoms with van der Waals surface area (Å²) in [4.78, 5) is 13.1. The van der Waals surface area contributed by atoms with Crippen molar-refractivity contribution in [3.05, 3.63) is 52.5 Å². The Morgan fingerprint density at radius 2 is 1.84 bits per heavy atom. The first-order chi connectivity index (χ1) is 11.8. The van der Waals surface area contributed by atoms with Gasteiger partial charge in [-0.2, -0.15) is 4.31 Å². The molecule has 5 nitrogen and oxygen atoms in total. The van der Waals surface area contributed by atoms with Crippen LogP contribution >= 0.6 is 35.0 Å². The number of anilines is 1. The molecule has 2 rings (SSSR count). The van der Waals surface area contributed by atoms with E-state index in [1.54, 1.807) is 12.1 Å². The van der Waals surface area contributed by atoms with E-state index in [4.69, 9.17) is 23.2 Å². The zero-order valence-electron chi connectivity index (χ0n) is 13.5. The van der Waals surface area contributed by atoms with Gasteiger partial charge in [-0.1, -0.05) is 35.3 Å². The van der Waals surface area contributed by atoms with Gasteiger partial charge in [-0.15, -0.1) is 11.8 Å². The molecule has 134 valence electrons. The highest BCUT2D eigenvalue weighted by molar-refractivity contribution is 7.98. The second-order valence-electron chi connectivity index (χ2n) is 5.09. The first-order valence-electron chi connectivity index (χ1n) is 7.10. The lowest BCUT2D eigenvalue weighted by atomic mass is 10.3. The van der Waals surface area contributed by atoms with E-state index in [0.29, 0.717) is 5.69 Å². The molecule has 2 aromatic rings. The van der Waals surface area contributed by atoms with E-state index in [1.807, 2.05) is 18.4 Å². The molecule has 0 aliphatic heterocycles. The minimum Gasteiger partial charge on any atom is -0.324 e. The number of thioether (sulfide) groups is 1. The first kappa shape index (κ1) is 20.1. The lowest BCUT2D eigenvalue weighted by molar-refractivity contribution is -0.116. The zero-order valence-corrected chi connectivity index (χ0v) is 16.6. The van der Waals surface area contributed by atoms with E-state index in [9.17, 15) is 13.2 Å². The highest BCUT2D eigenvalue weighted by atomic mass is 35.5. The molecule has 0 fully saturated rings. The number of nitrogens with one attached hydrogen (secondary N) is 1. The molecule has 1 N–H and O–H groups in total. The second kappa shape index (κ2) is 8.42. The van der Waals surface area contributed by atoms with Crippen LogP contribution in [0.15, 0.2) is 52.3 Å². The molecular weight excluding hydrogens is 403 g/mol. The van der Waals surface area contributed by atoms with Crippen molar-refractivity contribution in [2.45, 2.75) is 9.79 Å². The molecule has 25 heavy (non-hydrogen) atoms. The fraction of sp³-hybridized carbons (Fsp3) is 0.188. The monoisotopic (exact) mass is 418 g/mol. The molecule has 0 spiro atoms. The van der Waals surface area contributed by atoms with Crippen molar-refractivity contribution in [2.75, 3.05) is 25.2 Å². The van der Waals surface area contributed by atoms with E-state index >= 15 is 0 Å². The molecule has 0 aromatic heterocycles. The van der Waals surface area contributed by atoms with E-state index in [1.165, 1.54) is 37.0 Å². The van der Waals surface area contributed by atoms with Gasteiger partial charge >= 0.3 is 0 Å². The Bertz CT molecular complexity index is 889. The first-order valence-corrected chi connectivity index (χ1v) is 10.5. The van der Waals surface area contributed by atoms with Crippen molar-refractivity contribution in [3.63, 3.8) is 0 Å². The summed E-state index contributed by atoms with van der Waals surface area (Å²) in [6.07, 6.45) is 1.89. The van der Waals surface area contributed by atoms with Gasteiger partial charge in [0.2, 0.25) is 15.9 Å². The van der Waals surface area contributed by atoms with E-state index in [2.05, 4.69) is 5.32 Å². The zero-order chi connectivity index (χ0) is 18.6. The smallest absolute Gasteiger partial charge is 0.243 e. The van der Waals surface area contributed by atoms with Gasteiger partial charge in [0, 0.05) is 11.9 Å². The van der Waals surface area contributed by atoms with Crippen LogP contribution in [-0.4, -0.2) is 38.5 Å². The molecule has 0 saturated carbocycles. The number of nitrogens with zero attached hydrogens (tertiary/aromatic N) is 1. The number of carbonyl (C=O) groups is 1. The number of hydrogen-bond donors (Lipinski definition) is 1. The molecule has 0 aliphatic rings. The van der Waals surface area contributed by atoms with Crippen LogP contribution in [0.1, 0.15) is 0 Å². The molecule has 9 heteroatoms. The summed E-state index contributed by atoms with van der Waals surface area (Å²) < 4.78 is 26.1. The topological polar surface area (TPSA) is 66.5 Å². The summed E-state index contributed by atoms with van der Waals surface area (Å²) in [5.74, 6) is -0.437. The van der Waals surface area contributed by atoms with Crippen LogP contribution in [0.4, 0.5) is 5.69 Å². The van der Waals surface area contributed by atoms with Gasteiger partial charge < -0.3 is 5.32 Å². The normalized spacial score (nSPS) is 11.6. The Morgan fingerprint density at radius 1 is 1.16 bits per heavy atom. The molecule has 0 unspecified atom stereocenters. The summed E-state index contributed by atoms with van der Waals surface area (Å²) >= 11 is 13.2. The van der Waals surface area contributed by atoms with Crippen molar-refractivity contribution in [1.82, 2.24) is 4.31 Å². The fourth-order valence-electron chi connectivity index (χ4n) is 2.04. The van der Waals surface area contributed by atoms with Gasteiger partial charge in [-0.25, -0.2) is 8.42 Å². The SMILES string of the molecule is CSc1ccccc1NC(=O)CN(C)S(=O)(=O)c1ccc(Cl)c(Cl)c1.